The molecule has 0 aromatic heterocycles. The van der Waals surface area contributed by atoms with Gasteiger partial charge in [0, 0.05) is 24.1 Å². The van der Waals surface area contributed by atoms with Crippen molar-refractivity contribution in [2.24, 2.45) is 5.41 Å². The monoisotopic (exact) mass is 390 g/mol. The van der Waals surface area contributed by atoms with Crippen molar-refractivity contribution < 1.29 is 4.79 Å². The minimum Gasteiger partial charge on any atom is -0.342 e. The summed E-state index contributed by atoms with van der Waals surface area (Å²) < 4.78 is 1.08. The minimum absolute atomic E-state index is 0.265. The van der Waals surface area contributed by atoms with Gasteiger partial charge in [0.15, 0.2) is 0 Å². The van der Waals surface area contributed by atoms with Gasteiger partial charge in [0.1, 0.15) is 0 Å². The van der Waals surface area contributed by atoms with Gasteiger partial charge in [-0.2, -0.15) is 0 Å². The Labute approximate surface area is 153 Å². The Bertz CT molecular complexity index is 591. The predicted molar refractivity (Wildman–Crippen MR) is 100 cm³/mol. The normalized spacial score (nSPS) is 25.3. The summed E-state index contributed by atoms with van der Waals surface area (Å²) in [6, 6.07) is 8.47. The Morgan fingerprint density at radius 3 is 2.25 bits per heavy atom. The second kappa shape index (κ2) is 6.45. The average Bonchev–Trinajstić information content (AvgIpc) is 3.26. The third-order valence-corrected chi connectivity index (χ3v) is 7.24. The first kappa shape index (κ1) is 16.6. The number of likely N-dealkylation sites (tertiary alicyclic amines) is 1. The average molecular weight is 391 g/mol. The number of amides is 1. The van der Waals surface area contributed by atoms with Crippen LogP contribution in [0.1, 0.15) is 50.5 Å². The van der Waals surface area contributed by atoms with Crippen molar-refractivity contribution in [3.05, 3.63) is 34.3 Å². The molecule has 0 atom stereocenters. The number of hydrogen-bond acceptors (Lipinski definition) is 2. The number of halogens is 1. The maximum absolute atomic E-state index is 13.5. The van der Waals surface area contributed by atoms with Gasteiger partial charge < -0.3 is 10.2 Å². The van der Waals surface area contributed by atoms with E-state index < -0.39 is 0 Å². The zero-order valence-electron chi connectivity index (χ0n) is 14.3. The summed E-state index contributed by atoms with van der Waals surface area (Å²) in [5.74, 6) is 0.392. The largest absolute Gasteiger partial charge is 0.342 e. The first-order valence-electron chi connectivity index (χ1n) is 9.40. The highest BCUT2D eigenvalue weighted by molar-refractivity contribution is 9.10. The van der Waals surface area contributed by atoms with Crippen LogP contribution in [0.2, 0.25) is 0 Å². The van der Waals surface area contributed by atoms with Gasteiger partial charge in [-0.3, -0.25) is 4.79 Å². The second-order valence-corrected chi connectivity index (χ2v) is 8.93. The van der Waals surface area contributed by atoms with Crippen molar-refractivity contribution in [2.45, 2.75) is 50.4 Å². The number of piperidine rings is 1. The quantitative estimate of drug-likeness (QED) is 0.830. The summed E-state index contributed by atoms with van der Waals surface area (Å²) >= 11 is 3.52. The molecule has 1 aromatic carbocycles. The SMILES string of the molecule is O=C(N1CCC2(CCNC2)CC1)C1(c2ccc(Br)cc2)CCCC1. The number of carbonyl (C=O) groups is 1. The summed E-state index contributed by atoms with van der Waals surface area (Å²) in [5, 5.41) is 3.51. The van der Waals surface area contributed by atoms with Gasteiger partial charge in [-0.25, -0.2) is 0 Å². The molecule has 130 valence electrons. The molecule has 24 heavy (non-hydrogen) atoms. The van der Waals surface area contributed by atoms with Crippen molar-refractivity contribution in [1.82, 2.24) is 10.2 Å². The molecule has 1 N–H and O–H groups in total. The summed E-state index contributed by atoms with van der Waals surface area (Å²) in [6.07, 6.45) is 7.98. The van der Waals surface area contributed by atoms with Gasteiger partial charge in [-0.1, -0.05) is 40.9 Å². The van der Waals surface area contributed by atoms with Crippen LogP contribution in [-0.2, 0) is 10.2 Å². The van der Waals surface area contributed by atoms with E-state index in [4.69, 9.17) is 0 Å². The Balaban J connectivity index is 1.54. The van der Waals surface area contributed by atoms with Crippen LogP contribution in [0, 0.1) is 5.41 Å². The maximum Gasteiger partial charge on any atom is 0.233 e. The number of hydrogen-bond donors (Lipinski definition) is 1. The van der Waals surface area contributed by atoms with E-state index in [0.717, 1.165) is 43.5 Å². The molecule has 4 heteroatoms. The number of carbonyl (C=O) groups excluding carboxylic acids is 1. The van der Waals surface area contributed by atoms with Crippen LogP contribution in [0.15, 0.2) is 28.7 Å². The second-order valence-electron chi connectivity index (χ2n) is 8.02. The van der Waals surface area contributed by atoms with Crippen LogP contribution in [0.4, 0.5) is 0 Å². The van der Waals surface area contributed by atoms with E-state index >= 15 is 0 Å². The van der Waals surface area contributed by atoms with Crippen LogP contribution in [0.3, 0.4) is 0 Å². The maximum atomic E-state index is 13.5. The molecule has 2 saturated heterocycles. The highest BCUT2D eigenvalue weighted by Gasteiger charge is 2.47. The fourth-order valence-electron chi connectivity index (χ4n) is 5.08. The number of nitrogens with one attached hydrogen (secondary N) is 1. The lowest BCUT2D eigenvalue weighted by Crippen LogP contribution is -2.50. The Morgan fingerprint density at radius 1 is 1.00 bits per heavy atom. The molecule has 3 aliphatic rings. The van der Waals surface area contributed by atoms with Crippen LogP contribution in [-0.4, -0.2) is 37.0 Å². The van der Waals surface area contributed by atoms with E-state index in [1.54, 1.807) is 0 Å². The van der Waals surface area contributed by atoms with E-state index in [1.807, 2.05) is 0 Å². The Kier molecular flexibility index (Phi) is 4.46. The van der Waals surface area contributed by atoms with E-state index in [9.17, 15) is 4.79 Å². The fraction of sp³-hybridized carbons (Fsp3) is 0.650. The topological polar surface area (TPSA) is 32.3 Å². The molecule has 3 nitrogen and oxygen atoms in total. The zero-order valence-corrected chi connectivity index (χ0v) is 15.9. The van der Waals surface area contributed by atoms with Crippen LogP contribution < -0.4 is 5.32 Å². The number of nitrogens with zero attached hydrogens (tertiary/aromatic N) is 1. The van der Waals surface area contributed by atoms with Crippen LogP contribution in [0.25, 0.3) is 0 Å². The van der Waals surface area contributed by atoms with E-state index in [-0.39, 0.29) is 5.41 Å². The van der Waals surface area contributed by atoms with E-state index in [2.05, 4.69) is 50.4 Å². The first-order chi connectivity index (χ1) is 11.6. The lowest BCUT2D eigenvalue weighted by Gasteiger charge is -2.42. The molecule has 1 saturated carbocycles. The van der Waals surface area contributed by atoms with Gasteiger partial charge in [0.2, 0.25) is 5.91 Å². The van der Waals surface area contributed by atoms with Crippen molar-refractivity contribution in [2.75, 3.05) is 26.2 Å². The third-order valence-electron chi connectivity index (χ3n) is 6.71. The lowest BCUT2D eigenvalue weighted by molar-refractivity contribution is -0.139. The molecule has 1 spiro atoms. The van der Waals surface area contributed by atoms with Crippen molar-refractivity contribution >= 4 is 21.8 Å². The van der Waals surface area contributed by atoms with Crippen LogP contribution >= 0.6 is 15.9 Å². The smallest absolute Gasteiger partial charge is 0.233 e. The van der Waals surface area contributed by atoms with Gasteiger partial charge in [0.05, 0.1) is 5.41 Å². The highest BCUT2D eigenvalue weighted by atomic mass is 79.9. The predicted octanol–water partition coefficient (Wildman–Crippen LogP) is 3.86. The molecule has 4 rings (SSSR count). The van der Waals surface area contributed by atoms with Crippen molar-refractivity contribution in [1.29, 1.82) is 0 Å². The van der Waals surface area contributed by atoms with Crippen LogP contribution in [0.5, 0.6) is 0 Å². The minimum atomic E-state index is -0.265. The van der Waals surface area contributed by atoms with Crippen molar-refractivity contribution in [3.8, 4) is 0 Å². The lowest BCUT2D eigenvalue weighted by atomic mass is 9.74. The summed E-state index contributed by atoms with van der Waals surface area (Å²) in [5.41, 5.74) is 1.42. The van der Waals surface area contributed by atoms with Gasteiger partial charge in [0.25, 0.3) is 0 Å². The molecule has 2 aliphatic heterocycles. The standard InChI is InChI=1S/C20H27BrN2O/c21-17-5-3-16(4-6-17)20(7-1-2-8-20)18(24)23-13-10-19(11-14-23)9-12-22-15-19/h3-6,22H,1-2,7-15H2. The molecule has 0 unspecified atom stereocenters. The molecule has 1 amide bonds. The Hall–Kier alpha value is -0.870. The fourth-order valence-corrected chi connectivity index (χ4v) is 5.35. The summed E-state index contributed by atoms with van der Waals surface area (Å²) in [4.78, 5) is 15.7. The molecule has 0 radical (unpaired) electrons. The van der Waals surface area contributed by atoms with E-state index in [0.29, 0.717) is 11.3 Å². The highest BCUT2D eigenvalue weighted by Crippen LogP contribution is 2.45. The number of benzene rings is 1. The molecule has 1 aliphatic carbocycles. The Morgan fingerprint density at radius 2 is 1.67 bits per heavy atom. The summed E-state index contributed by atoms with van der Waals surface area (Å²) in [7, 11) is 0. The van der Waals surface area contributed by atoms with Crippen molar-refractivity contribution in [3.63, 3.8) is 0 Å². The molecule has 0 bridgehead atoms. The molecular formula is C20H27BrN2O. The summed E-state index contributed by atoms with van der Waals surface area (Å²) in [6.45, 7) is 4.18. The van der Waals surface area contributed by atoms with Gasteiger partial charge >= 0.3 is 0 Å². The van der Waals surface area contributed by atoms with Gasteiger partial charge in [-0.15, -0.1) is 0 Å². The molecule has 3 fully saturated rings. The van der Waals surface area contributed by atoms with Gasteiger partial charge in [-0.05, 0) is 61.8 Å². The zero-order chi connectivity index (χ0) is 16.6. The first-order valence-corrected chi connectivity index (χ1v) is 10.2. The van der Waals surface area contributed by atoms with E-state index in [1.165, 1.54) is 37.7 Å². The molecular weight excluding hydrogens is 364 g/mol. The molecule has 2 heterocycles. The number of rotatable bonds is 2. The third kappa shape index (κ3) is 2.82. The molecule has 1 aromatic rings.